The molecular weight excluding hydrogens is 277 g/mol. The predicted molar refractivity (Wildman–Crippen MR) is 88.8 cm³/mol. The SMILES string of the molecule is c1ccc(P(COc2ccccn2)c2ccccc2)cc1. The summed E-state index contributed by atoms with van der Waals surface area (Å²) in [6.45, 7) is 0. The molecule has 0 N–H and O–H groups in total. The van der Waals surface area contributed by atoms with E-state index in [1.165, 1.54) is 10.6 Å². The molecule has 3 rings (SSSR count). The quantitative estimate of drug-likeness (QED) is 0.671. The summed E-state index contributed by atoms with van der Waals surface area (Å²) in [5.41, 5.74) is 0. The third-order valence-electron chi connectivity index (χ3n) is 3.12. The van der Waals surface area contributed by atoms with E-state index >= 15 is 0 Å². The Morgan fingerprint density at radius 3 is 1.81 bits per heavy atom. The van der Waals surface area contributed by atoms with E-state index in [-0.39, 0.29) is 0 Å². The number of benzene rings is 2. The van der Waals surface area contributed by atoms with Crippen molar-refractivity contribution in [2.24, 2.45) is 0 Å². The highest BCUT2D eigenvalue weighted by Gasteiger charge is 2.14. The lowest BCUT2D eigenvalue weighted by Crippen LogP contribution is -2.16. The molecule has 1 heterocycles. The molecule has 2 nitrogen and oxygen atoms in total. The molecule has 0 aliphatic carbocycles. The molecule has 0 fully saturated rings. The molecule has 21 heavy (non-hydrogen) atoms. The minimum Gasteiger partial charge on any atom is -0.472 e. The molecule has 1 aromatic heterocycles. The van der Waals surface area contributed by atoms with Crippen molar-refractivity contribution in [3.05, 3.63) is 85.1 Å². The summed E-state index contributed by atoms with van der Waals surface area (Å²) in [5.74, 6) is 0.678. The average molecular weight is 293 g/mol. The van der Waals surface area contributed by atoms with Crippen LogP contribution in [0.3, 0.4) is 0 Å². The molecule has 0 bridgehead atoms. The predicted octanol–water partition coefficient (Wildman–Crippen LogP) is 3.55. The van der Waals surface area contributed by atoms with Gasteiger partial charge in [0.1, 0.15) is 6.35 Å². The zero-order valence-corrected chi connectivity index (χ0v) is 12.5. The van der Waals surface area contributed by atoms with Crippen LogP contribution in [0.25, 0.3) is 0 Å². The van der Waals surface area contributed by atoms with Crippen LogP contribution in [-0.2, 0) is 0 Å². The van der Waals surface area contributed by atoms with Gasteiger partial charge in [0.2, 0.25) is 5.88 Å². The summed E-state index contributed by atoms with van der Waals surface area (Å²) in [7, 11) is -0.537. The number of nitrogens with zero attached hydrogens (tertiary/aromatic N) is 1. The maximum atomic E-state index is 5.89. The molecule has 0 spiro atoms. The van der Waals surface area contributed by atoms with Crippen molar-refractivity contribution in [3.8, 4) is 5.88 Å². The van der Waals surface area contributed by atoms with Gasteiger partial charge >= 0.3 is 0 Å². The Morgan fingerprint density at radius 2 is 1.29 bits per heavy atom. The first kappa shape index (κ1) is 13.8. The molecule has 0 amide bonds. The number of pyridine rings is 1. The van der Waals surface area contributed by atoms with Crippen LogP contribution in [-0.4, -0.2) is 11.3 Å². The van der Waals surface area contributed by atoms with Gasteiger partial charge in [-0.15, -0.1) is 0 Å². The van der Waals surface area contributed by atoms with Gasteiger partial charge in [-0.3, -0.25) is 0 Å². The number of rotatable bonds is 5. The summed E-state index contributed by atoms with van der Waals surface area (Å²) in [5, 5.41) is 2.63. The first-order valence-electron chi connectivity index (χ1n) is 6.85. The molecule has 0 aliphatic heterocycles. The van der Waals surface area contributed by atoms with Gasteiger partial charge in [-0.25, -0.2) is 4.98 Å². The van der Waals surface area contributed by atoms with E-state index in [0.717, 1.165) is 0 Å². The second kappa shape index (κ2) is 7.01. The summed E-state index contributed by atoms with van der Waals surface area (Å²) in [6, 6.07) is 26.8. The Balaban J connectivity index is 1.83. The molecule has 3 aromatic rings. The van der Waals surface area contributed by atoms with Crippen molar-refractivity contribution >= 4 is 18.5 Å². The zero-order chi connectivity index (χ0) is 14.3. The van der Waals surface area contributed by atoms with E-state index in [9.17, 15) is 0 Å². The lowest BCUT2D eigenvalue weighted by molar-refractivity contribution is 0.374. The zero-order valence-electron chi connectivity index (χ0n) is 11.6. The van der Waals surface area contributed by atoms with E-state index in [1.54, 1.807) is 6.20 Å². The molecule has 0 radical (unpaired) electrons. The van der Waals surface area contributed by atoms with Crippen LogP contribution in [0.4, 0.5) is 0 Å². The molecule has 0 saturated heterocycles. The molecule has 104 valence electrons. The highest BCUT2D eigenvalue weighted by molar-refractivity contribution is 7.72. The fourth-order valence-electron chi connectivity index (χ4n) is 2.08. The second-order valence-corrected chi connectivity index (χ2v) is 6.69. The summed E-state index contributed by atoms with van der Waals surface area (Å²) >= 11 is 0. The van der Waals surface area contributed by atoms with Crippen molar-refractivity contribution in [1.29, 1.82) is 0 Å². The Hall–Kier alpha value is -2.18. The molecule has 0 unspecified atom stereocenters. The highest BCUT2D eigenvalue weighted by atomic mass is 31.1. The van der Waals surface area contributed by atoms with Crippen molar-refractivity contribution in [2.75, 3.05) is 6.35 Å². The van der Waals surface area contributed by atoms with Crippen LogP contribution in [0.2, 0.25) is 0 Å². The second-order valence-electron chi connectivity index (χ2n) is 4.54. The van der Waals surface area contributed by atoms with Gasteiger partial charge in [0.15, 0.2) is 0 Å². The third kappa shape index (κ3) is 3.68. The van der Waals surface area contributed by atoms with Gasteiger partial charge in [-0.1, -0.05) is 66.7 Å². The fourth-order valence-corrected chi connectivity index (χ4v) is 4.00. The van der Waals surface area contributed by atoms with Crippen molar-refractivity contribution in [2.45, 2.75) is 0 Å². The third-order valence-corrected chi connectivity index (χ3v) is 5.35. The molecular formula is C18H16NOP. The van der Waals surface area contributed by atoms with Crippen LogP contribution < -0.4 is 15.3 Å². The summed E-state index contributed by atoms with van der Waals surface area (Å²) in [4.78, 5) is 4.23. The average Bonchev–Trinajstić information content (AvgIpc) is 2.58. The Morgan fingerprint density at radius 1 is 0.714 bits per heavy atom. The first-order chi connectivity index (χ1) is 10.4. The van der Waals surface area contributed by atoms with E-state index in [4.69, 9.17) is 4.74 Å². The Bertz CT molecular complexity index is 619. The number of hydrogen-bond donors (Lipinski definition) is 0. The molecule has 3 heteroatoms. The van der Waals surface area contributed by atoms with E-state index in [2.05, 4.69) is 53.5 Å². The topological polar surface area (TPSA) is 22.1 Å². The van der Waals surface area contributed by atoms with Gasteiger partial charge < -0.3 is 4.74 Å². The minimum absolute atomic E-state index is 0.537. The summed E-state index contributed by atoms with van der Waals surface area (Å²) < 4.78 is 5.89. The molecule has 0 saturated carbocycles. The lowest BCUT2D eigenvalue weighted by atomic mass is 10.4. The van der Waals surface area contributed by atoms with Crippen LogP contribution in [0.15, 0.2) is 85.1 Å². The van der Waals surface area contributed by atoms with Crippen molar-refractivity contribution < 1.29 is 4.74 Å². The highest BCUT2D eigenvalue weighted by Crippen LogP contribution is 2.33. The first-order valence-corrected chi connectivity index (χ1v) is 8.37. The lowest BCUT2D eigenvalue weighted by Gasteiger charge is -2.18. The summed E-state index contributed by atoms with van der Waals surface area (Å²) in [6.07, 6.45) is 2.39. The minimum atomic E-state index is -0.537. The number of hydrogen-bond acceptors (Lipinski definition) is 2. The van der Waals surface area contributed by atoms with Gasteiger partial charge in [0, 0.05) is 12.3 Å². The van der Waals surface area contributed by atoms with Gasteiger partial charge in [-0.05, 0) is 24.6 Å². The van der Waals surface area contributed by atoms with Crippen molar-refractivity contribution in [3.63, 3.8) is 0 Å². The Labute approximate surface area is 126 Å². The van der Waals surface area contributed by atoms with E-state index < -0.39 is 7.92 Å². The molecule has 0 atom stereocenters. The van der Waals surface area contributed by atoms with E-state index in [0.29, 0.717) is 12.2 Å². The van der Waals surface area contributed by atoms with Crippen LogP contribution >= 0.6 is 7.92 Å². The largest absolute Gasteiger partial charge is 0.472 e. The smallest absolute Gasteiger partial charge is 0.213 e. The number of aromatic nitrogens is 1. The van der Waals surface area contributed by atoms with Crippen LogP contribution in [0.5, 0.6) is 5.88 Å². The standard InChI is InChI=1S/C18H16NOP/c1-3-9-16(10-4-1)21(17-11-5-2-6-12-17)15-20-18-13-7-8-14-19-18/h1-14H,15H2. The Kier molecular flexibility index (Phi) is 4.60. The molecule has 2 aromatic carbocycles. The van der Waals surface area contributed by atoms with Crippen LogP contribution in [0.1, 0.15) is 0 Å². The maximum absolute atomic E-state index is 5.89. The molecule has 0 aliphatic rings. The van der Waals surface area contributed by atoms with Crippen molar-refractivity contribution in [1.82, 2.24) is 4.98 Å². The van der Waals surface area contributed by atoms with E-state index in [1.807, 2.05) is 30.3 Å². The maximum Gasteiger partial charge on any atom is 0.213 e. The van der Waals surface area contributed by atoms with Gasteiger partial charge in [-0.2, -0.15) is 0 Å². The number of ether oxygens (including phenoxy) is 1. The fraction of sp³-hybridized carbons (Fsp3) is 0.0556. The monoisotopic (exact) mass is 293 g/mol. The van der Waals surface area contributed by atoms with Gasteiger partial charge in [0.25, 0.3) is 0 Å². The van der Waals surface area contributed by atoms with Crippen LogP contribution in [0, 0.1) is 0 Å². The van der Waals surface area contributed by atoms with Gasteiger partial charge in [0.05, 0.1) is 0 Å². The normalized spacial score (nSPS) is 10.5.